The molecule has 1 atom stereocenters. The smallest absolute Gasteiger partial charge is 0.269 e. The summed E-state index contributed by atoms with van der Waals surface area (Å²) in [4.78, 5) is 23.7. The molecule has 0 spiro atoms. The number of hydrogen-bond donors (Lipinski definition) is 1. The van der Waals surface area contributed by atoms with Crippen LogP contribution in [0.1, 0.15) is 36.4 Å². The van der Waals surface area contributed by atoms with Gasteiger partial charge in [-0.2, -0.15) is 0 Å². The van der Waals surface area contributed by atoms with Crippen molar-refractivity contribution in [3.63, 3.8) is 0 Å². The van der Waals surface area contributed by atoms with Gasteiger partial charge in [-0.15, -0.1) is 5.75 Å². The summed E-state index contributed by atoms with van der Waals surface area (Å²) >= 11 is 0. The van der Waals surface area contributed by atoms with E-state index in [0.717, 1.165) is 40.4 Å². The number of Topliss-reactive ketones (excluding diaryl/α,β-unsaturated/α-hetero) is 1. The molecule has 5 rings (SSSR count). The summed E-state index contributed by atoms with van der Waals surface area (Å²) < 4.78 is 0. The lowest BCUT2D eigenvalue weighted by molar-refractivity contribution is -0.385. The summed E-state index contributed by atoms with van der Waals surface area (Å²) in [5, 5.41) is 29.3. The Morgan fingerprint density at radius 3 is 2.69 bits per heavy atom. The van der Waals surface area contributed by atoms with Gasteiger partial charge in [0, 0.05) is 35.4 Å². The first-order chi connectivity index (χ1) is 14.0. The normalized spacial score (nSPS) is 18.2. The van der Waals surface area contributed by atoms with E-state index in [4.69, 9.17) is 0 Å². The van der Waals surface area contributed by atoms with Crippen LogP contribution in [0.4, 0.5) is 11.4 Å². The molecule has 1 aliphatic carbocycles. The second-order valence-electron chi connectivity index (χ2n) is 7.43. The molecule has 0 amide bonds. The van der Waals surface area contributed by atoms with E-state index in [1.165, 1.54) is 18.2 Å². The number of anilines is 1. The van der Waals surface area contributed by atoms with E-state index in [2.05, 4.69) is 5.32 Å². The first-order valence-corrected chi connectivity index (χ1v) is 9.55. The molecular formula is C23H17N2O4-. The van der Waals surface area contributed by atoms with E-state index in [0.29, 0.717) is 12.0 Å². The van der Waals surface area contributed by atoms with Crippen molar-refractivity contribution in [3.05, 3.63) is 81.4 Å². The van der Waals surface area contributed by atoms with E-state index in [1.54, 1.807) is 0 Å². The van der Waals surface area contributed by atoms with E-state index in [-0.39, 0.29) is 22.8 Å². The largest absolute Gasteiger partial charge is 0.872 e. The number of fused-ring (bicyclic) bond motifs is 4. The number of nitrogens with zero attached hydrogens (tertiary/aromatic N) is 1. The molecule has 1 N–H and O–H groups in total. The van der Waals surface area contributed by atoms with Gasteiger partial charge < -0.3 is 10.4 Å². The van der Waals surface area contributed by atoms with Gasteiger partial charge in [-0.25, -0.2) is 0 Å². The fraction of sp³-hybridized carbons (Fsp3) is 0.174. The molecule has 6 heteroatoms. The Morgan fingerprint density at radius 1 is 1.03 bits per heavy atom. The first-order valence-electron chi connectivity index (χ1n) is 9.55. The number of carbonyl (C=O) groups excluding carboxylic acids is 1. The standard InChI is InChI=1S/C23H18N2O4/c26-19-11-9-14(25(28)29)12-17(19)23-22-16(6-3-7-20(22)27)21-15-5-2-1-4-13(15)8-10-18(21)24-23/h1-2,4-5,8-12,23-24,26H,3,6-7H2/p-1/t23-/m1/s1. The van der Waals surface area contributed by atoms with Crippen LogP contribution in [0.25, 0.3) is 16.3 Å². The summed E-state index contributed by atoms with van der Waals surface area (Å²) in [5.41, 5.74) is 3.44. The minimum absolute atomic E-state index is 0.00626. The van der Waals surface area contributed by atoms with Crippen LogP contribution in [0.15, 0.2) is 60.2 Å². The van der Waals surface area contributed by atoms with Crippen molar-refractivity contribution in [2.45, 2.75) is 25.3 Å². The van der Waals surface area contributed by atoms with Crippen molar-refractivity contribution in [1.82, 2.24) is 0 Å². The molecule has 144 valence electrons. The number of hydrogen-bond acceptors (Lipinski definition) is 5. The van der Waals surface area contributed by atoms with Crippen molar-refractivity contribution < 1.29 is 14.8 Å². The number of allylic oxidation sites excluding steroid dienone is 1. The predicted octanol–water partition coefficient (Wildman–Crippen LogP) is 4.50. The molecule has 1 aliphatic heterocycles. The Morgan fingerprint density at radius 2 is 1.86 bits per heavy atom. The Balaban J connectivity index is 1.78. The van der Waals surface area contributed by atoms with Crippen LogP contribution in [-0.4, -0.2) is 10.7 Å². The average Bonchev–Trinajstić information content (AvgIpc) is 2.73. The molecule has 0 saturated carbocycles. The molecule has 3 aromatic rings. The van der Waals surface area contributed by atoms with Gasteiger partial charge in [0.1, 0.15) is 0 Å². The van der Waals surface area contributed by atoms with Crippen LogP contribution in [0.5, 0.6) is 5.75 Å². The van der Waals surface area contributed by atoms with Crippen LogP contribution in [-0.2, 0) is 4.79 Å². The van der Waals surface area contributed by atoms with Crippen molar-refractivity contribution in [3.8, 4) is 5.75 Å². The van der Waals surface area contributed by atoms with Gasteiger partial charge in [-0.05, 0) is 40.8 Å². The maximum Gasteiger partial charge on any atom is 0.269 e. The lowest BCUT2D eigenvalue weighted by Crippen LogP contribution is -2.28. The summed E-state index contributed by atoms with van der Waals surface area (Å²) in [6.45, 7) is 0. The molecule has 0 bridgehead atoms. The van der Waals surface area contributed by atoms with Crippen LogP contribution in [0, 0.1) is 10.1 Å². The fourth-order valence-corrected chi connectivity index (χ4v) is 4.51. The third kappa shape index (κ3) is 2.68. The molecule has 3 aromatic carbocycles. The van der Waals surface area contributed by atoms with Crippen molar-refractivity contribution in [1.29, 1.82) is 0 Å². The van der Waals surface area contributed by atoms with Crippen molar-refractivity contribution in [2.24, 2.45) is 0 Å². The van der Waals surface area contributed by atoms with Crippen LogP contribution in [0.3, 0.4) is 0 Å². The molecular weight excluding hydrogens is 368 g/mol. The number of rotatable bonds is 2. The number of carbonyl (C=O) groups is 1. The third-order valence-corrected chi connectivity index (χ3v) is 5.79. The van der Waals surface area contributed by atoms with E-state index >= 15 is 0 Å². The second-order valence-corrected chi connectivity index (χ2v) is 7.43. The van der Waals surface area contributed by atoms with Gasteiger partial charge in [-0.3, -0.25) is 14.9 Å². The molecule has 0 saturated heterocycles. The summed E-state index contributed by atoms with van der Waals surface area (Å²) in [5.74, 6) is -0.323. The highest BCUT2D eigenvalue weighted by molar-refractivity contribution is 6.12. The van der Waals surface area contributed by atoms with E-state index in [1.807, 2.05) is 36.4 Å². The number of non-ortho nitro benzene ring substituents is 1. The number of nitrogens with one attached hydrogen (secondary N) is 1. The van der Waals surface area contributed by atoms with Gasteiger partial charge in [0.25, 0.3) is 5.69 Å². The Labute approximate surface area is 166 Å². The van der Waals surface area contributed by atoms with Crippen molar-refractivity contribution in [2.75, 3.05) is 5.32 Å². The number of benzene rings is 3. The second kappa shape index (κ2) is 6.44. The van der Waals surface area contributed by atoms with E-state index < -0.39 is 11.0 Å². The lowest BCUT2D eigenvalue weighted by atomic mass is 9.76. The quantitative estimate of drug-likeness (QED) is 0.518. The predicted molar refractivity (Wildman–Crippen MR) is 109 cm³/mol. The summed E-state index contributed by atoms with van der Waals surface area (Å²) in [7, 11) is 0. The Hall–Kier alpha value is -3.67. The molecule has 2 aliphatic rings. The highest BCUT2D eigenvalue weighted by Gasteiger charge is 2.35. The van der Waals surface area contributed by atoms with Gasteiger partial charge in [0.05, 0.1) is 11.0 Å². The fourth-order valence-electron chi connectivity index (χ4n) is 4.51. The molecule has 29 heavy (non-hydrogen) atoms. The SMILES string of the molecule is O=C1CCCC2=C1[C@@H](c1cc([N+](=O)[O-])ccc1[O-])Nc1ccc3ccccc3c12. The van der Waals surface area contributed by atoms with Gasteiger partial charge >= 0.3 is 0 Å². The van der Waals surface area contributed by atoms with E-state index in [9.17, 15) is 20.0 Å². The highest BCUT2D eigenvalue weighted by Crippen LogP contribution is 2.49. The lowest BCUT2D eigenvalue weighted by Gasteiger charge is -2.36. The zero-order valence-electron chi connectivity index (χ0n) is 15.5. The van der Waals surface area contributed by atoms with Crippen LogP contribution in [0.2, 0.25) is 0 Å². The zero-order valence-corrected chi connectivity index (χ0v) is 15.5. The average molecular weight is 385 g/mol. The molecule has 0 unspecified atom stereocenters. The zero-order chi connectivity index (χ0) is 20.1. The maximum absolute atomic E-state index is 13.0. The minimum Gasteiger partial charge on any atom is -0.872 e. The number of nitro benzene ring substituents is 1. The number of nitro groups is 1. The van der Waals surface area contributed by atoms with Gasteiger partial charge in [0.15, 0.2) is 5.78 Å². The van der Waals surface area contributed by atoms with Crippen LogP contribution >= 0.6 is 0 Å². The summed E-state index contributed by atoms with van der Waals surface area (Å²) in [6, 6.07) is 15.0. The van der Waals surface area contributed by atoms with Gasteiger partial charge in [0.2, 0.25) is 0 Å². The number of ketones is 1. The first kappa shape index (κ1) is 17.4. The summed E-state index contributed by atoms with van der Waals surface area (Å²) in [6.07, 6.45) is 1.91. The molecule has 0 fully saturated rings. The molecule has 1 heterocycles. The Bertz CT molecular complexity index is 1230. The van der Waals surface area contributed by atoms with Crippen LogP contribution < -0.4 is 10.4 Å². The van der Waals surface area contributed by atoms with Gasteiger partial charge in [-0.1, -0.05) is 36.4 Å². The molecule has 0 radical (unpaired) electrons. The molecule has 0 aromatic heterocycles. The maximum atomic E-state index is 13.0. The minimum atomic E-state index is -0.682. The third-order valence-electron chi connectivity index (χ3n) is 5.79. The monoisotopic (exact) mass is 385 g/mol. The van der Waals surface area contributed by atoms with Crippen molar-refractivity contribution >= 4 is 33.5 Å². The topological polar surface area (TPSA) is 95.3 Å². The highest BCUT2D eigenvalue weighted by atomic mass is 16.6. The molecule has 6 nitrogen and oxygen atoms in total. The Kier molecular flexibility index (Phi) is 3.87.